The van der Waals surface area contributed by atoms with E-state index in [1.165, 1.54) is 7.11 Å². The van der Waals surface area contributed by atoms with Crippen molar-refractivity contribution in [2.24, 2.45) is 5.92 Å². The number of carbonyl (C=O) groups is 2. The molecule has 0 saturated heterocycles. The van der Waals surface area contributed by atoms with E-state index in [0.29, 0.717) is 24.7 Å². The maximum Gasteiger partial charge on any atom is 0.323 e. The van der Waals surface area contributed by atoms with E-state index >= 15 is 0 Å². The van der Waals surface area contributed by atoms with Crippen molar-refractivity contribution in [3.8, 4) is 0 Å². The fourth-order valence-electron chi connectivity index (χ4n) is 4.78. The van der Waals surface area contributed by atoms with Gasteiger partial charge < -0.3 is 24.0 Å². The van der Waals surface area contributed by atoms with Gasteiger partial charge in [-0.2, -0.15) is 0 Å². The smallest absolute Gasteiger partial charge is 0.323 e. The van der Waals surface area contributed by atoms with Crippen LogP contribution in [-0.2, 0) is 31.8 Å². The first kappa shape index (κ1) is 26.3. The average molecular weight is 478 g/mol. The Balaban J connectivity index is 1.65. The van der Waals surface area contributed by atoms with E-state index in [2.05, 4.69) is 22.2 Å². The minimum absolute atomic E-state index is 0.0598. The zero-order chi connectivity index (χ0) is 24.5. The average Bonchev–Trinajstić information content (AvgIpc) is 3.04. The number of ether oxygens (including phenoxy) is 3. The van der Waals surface area contributed by atoms with Crippen molar-refractivity contribution >= 4 is 17.8 Å². The minimum atomic E-state index is -0.517. The van der Waals surface area contributed by atoms with Crippen LogP contribution in [0.1, 0.15) is 49.9 Å². The fraction of sp³-hybridized carbons (Fsp3) is 0.750. The van der Waals surface area contributed by atoms with Gasteiger partial charge in [0.15, 0.2) is 12.1 Å². The fourth-order valence-corrected chi connectivity index (χ4v) is 4.78. The standard InChI is InChI=1S/C24H39N5O5/c1-28-13-11-19-20(12-14-28)26-21(15-25-19)27-24(31)29(16-23(33-3)34-4)18-8-5-17(6-9-18)7-10-22(30)32-2/h15,17-18,23H,5-14,16H2,1-4H3,(H,26,27,31). The lowest BCUT2D eigenvalue weighted by Gasteiger charge is -2.38. The molecule has 0 bridgehead atoms. The first-order chi connectivity index (χ1) is 16.4. The molecule has 1 saturated carbocycles. The third-order valence-electron chi connectivity index (χ3n) is 7.00. The summed E-state index contributed by atoms with van der Waals surface area (Å²) in [6.45, 7) is 2.20. The number of aromatic nitrogens is 2. The van der Waals surface area contributed by atoms with Crippen LogP contribution < -0.4 is 5.32 Å². The van der Waals surface area contributed by atoms with E-state index in [-0.39, 0.29) is 18.0 Å². The molecule has 2 aliphatic rings. The zero-order valence-electron chi connectivity index (χ0n) is 20.9. The van der Waals surface area contributed by atoms with Crippen LogP contribution in [0.2, 0.25) is 0 Å². The molecule has 0 aromatic carbocycles. The Labute approximate surface area is 202 Å². The van der Waals surface area contributed by atoms with Crippen molar-refractivity contribution < 1.29 is 23.8 Å². The zero-order valence-corrected chi connectivity index (χ0v) is 20.9. The summed E-state index contributed by atoms with van der Waals surface area (Å²) < 4.78 is 15.5. The number of hydrogen-bond acceptors (Lipinski definition) is 8. The summed E-state index contributed by atoms with van der Waals surface area (Å²) in [4.78, 5) is 38.2. The Kier molecular flexibility index (Phi) is 10.0. The SMILES string of the molecule is COC(=O)CCC1CCC(N(CC(OC)OC)C(=O)Nc2cnc3c(n2)CCN(C)CC3)CC1. The van der Waals surface area contributed by atoms with Crippen molar-refractivity contribution in [3.63, 3.8) is 0 Å². The van der Waals surface area contributed by atoms with Crippen molar-refractivity contribution in [1.29, 1.82) is 0 Å². The number of carbonyl (C=O) groups excluding carboxylic acids is 2. The number of anilines is 1. The van der Waals surface area contributed by atoms with E-state index in [9.17, 15) is 9.59 Å². The lowest BCUT2D eigenvalue weighted by molar-refractivity contribution is -0.141. The number of urea groups is 1. The second-order valence-corrected chi connectivity index (χ2v) is 9.22. The number of amides is 2. The number of nitrogens with one attached hydrogen (secondary N) is 1. The number of fused-ring (bicyclic) bond motifs is 1. The van der Waals surface area contributed by atoms with E-state index in [4.69, 9.17) is 19.2 Å². The number of nitrogens with zero attached hydrogens (tertiary/aromatic N) is 4. The minimum Gasteiger partial charge on any atom is -0.469 e. The second-order valence-electron chi connectivity index (χ2n) is 9.22. The molecule has 1 aliphatic heterocycles. The van der Waals surface area contributed by atoms with Gasteiger partial charge in [-0.3, -0.25) is 15.1 Å². The van der Waals surface area contributed by atoms with Gasteiger partial charge in [0.1, 0.15) is 0 Å². The normalized spacial score (nSPS) is 21.0. The molecular weight excluding hydrogens is 438 g/mol. The monoisotopic (exact) mass is 477 g/mol. The molecular formula is C24H39N5O5. The van der Waals surface area contributed by atoms with Crippen molar-refractivity contribution in [3.05, 3.63) is 17.6 Å². The highest BCUT2D eigenvalue weighted by Gasteiger charge is 2.31. The number of hydrogen-bond donors (Lipinski definition) is 1. The third kappa shape index (κ3) is 7.35. The number of methoxy groups -OCH3 is 3. The summed E-state index contributed by atoms with van der Waals surface area (Å²) in [5.74, 6) is 0.769. The van der Waals surface area contributed by atoms with E-state index in [1.807, 2.05) is 0 Å². The molecule has 2 heterocycles. The molecule has 2 amide bonds. The van der Waals surface area contributed by atoms with Gasteiger partial charge in [-0.1, -0.05) is 0 Å². The van der Waals surface area contributed by atoms with Crippen molar-refractivity contribution in [1.82, 2.24) is 19.8 Å². The van der Waals surface area contributed by atoms with Gasteiger partial charge in [0, 0.05) is 52.6 Å². The Bertz CT molecular complexity index is 811. The molecule has 0 spiro atoms. The van der Waals surface area contributed by atoms with E-state index < -0.39 is 6.29 Å². The molecule has 3 rings (SSSR count). The predicted molar refractivity (Wildman–Crippen MR) is 127 cm³/mol. The Hall–Kier alpha value is -2.30. The molecule has 0 radical (unpaired) electrons. The van der Waals surface area contributed by atoms with E-state index in [1.54, 1.807) is 25.3 Å². The topological polar surface area (TPSA) is 106 Å². The van der Waals surface area contributed by atoms with Crippen LogP contribution in [0, 0.1) is 5.92 Å². The molecule has 1 fully saturated rings. The third-order valence-corrected chi connectivity index (χ3v) is 7.00. The summed E-state index contributed by atoms with van der Waals surface area (Å²) in [6.07, 6.45) is 7.72. The highest BCUT2D eigenvalue weighted by molar-refractivity contribution is 5.88. The Morgan fingerprint density at radius 1 is 1.12 bits per heavy atom. The quantitative estimate of drug-likeness (QED) is 0.427. The van der Waals surface area contributed by atoms with Crippen LogP contribution in [0.3, 0.4) is 0 Å². The van der Waals surface area contributed by atoms with Gasteiger partial charge in [0.05, 0.1) is 31.2 Å². The molecule has 1 aromatic rings. The van der Waals surface area contributed by atoms with Crippen LogP contribution >= 0.6 is 0 Å². The summed E-state index contributed by atoms with van der Waals surface area (Å²) in [7, 11) is 6.66. The molecule has 1 N–H and O–H groups in total. The van der Waals surface area contributed by atoms with Gasteiger partial charge in [-0.25, -0.2) is 9.78 Å². The number of rotatable bonds is 9. The van der Waals surface area contributed by atoms with Gasteiger partial charge in [-0.15, -0.1) is 0 Å². The van der Waals surface area contributed by atoms with Crippen molar-refractivity contribution in [2.45, 2.75) is 63.7 Å². The second kappa shape index (κ2) is 13.0. The Morgan fingerprint density at radius 3 is 2.44 bits per heavy atom. The molecule has 1 aromatic heterocycles. The summed E-state index contributed by atoms with van der Waals surface area (Å²) in [5.41, 5.74) is 1.95. The van der Waals surface area contributed by atoms with E-state index in [0.717, 1.165) is 69.4 Å². The summed E-state index contributed by atoms with van der Waals surface area (Å²) >= 11 is 0. The van der Waals surface area contributed by atoms with Crippen molar-refractivity contribution in [2.75, 3.05) is 53.3 Å². The first-order valence-electron chi connectivity index (χ1n) is 12.2. The highest BCUT2D eigenvalue weighted by Crippen LogP contribution is 2.31. The first-order valence-corrected chi connectivity index (χ1v) is 12.2. The van der Waals surface area contributed by atoms with Crippen LogP contribution in [0.25, 0.3) is 0 Å². The molecule has 190 valence electrons. The van der Waals surface area contributed by atoms with Crippen LogP contribution in [0.5, 0.6) is 0 Å². The van der Waals surface area contributed by atoms with Gasteiger partial charge >= 0.3 is 12.0 Å². The summed E-state index contributed by atoms with van der Waals surface area (Å²) in [6, 6.07) is -0.165. The highest BCUT2D eigenvalue weighted by atomic mass is 16.7. The molecule has 0 atom stereocenters. The molecule has 34 heavy (non-hydrogen) atoms. The van der Waals surface area contributed by atoms with Gasteiger partial charge in [-0.05, 0) is 45.1 Å². The lowest BCUT2D eigenvalue weighted by atomic mass is 9.83. The molecule has 1 aliphatic carbocycles. The van der Waals surface area contributed by atoms with Gasteiger partial charge in [0.25, 0.3) is 0 Å². The van der Waals surface area contributed by atoms with Crippen LogP contribution in [-0.4, -0.2) is 92.1 Å². The number of esters is 1. The van der Waals surface area contributed by atoms with Gasteiger partial charge in [0.2, 0.25) is 0 Å². The Morgan fingerprint density at radius 2 is 1.79 bits per heavy atom. The molecule has 10 nitrogen and oxygen atoms in total. The molecule has 10 heteroatoms. The predicted octanol–water partition coefficient (Wildman–Crippen LogP) is 2.47. The maximum absolute atomic E-state index is 13.4. The summed E-state index contributed by atoms with van der Waals surface area (Å²) in [5, 5.41) is 2.96. The van der Waals surface area contributed by atoms with Crippen LogP contribution in [0.15, 0.2) is 6.20 Å². The largest absolute Gasteiger partial charge is 0.469 e. The molecule has 0 unspecified atom stereocenters. The van der Waals surface area contributed by atoms with Crippen LogP contribution in [0.4, 0.5) is 10.6 Å². The number of likely N-dealkylation sites (N-methyl/N-ethyl adjacent to an activating group) is 1. The maximum atomic E-state index is 13.4. The lowest BCUT2D eigenvalue weighted by Crippen LogP contribution is -2.48.